The predicted octanol–water partition coefficient (Wildman–Crippen LogP) is 6.44. The Kier molecular flexibility index (Phi) is 5.77. The van der Waals surface area contributed by atoms with Gasteiger partial charge in [0.05, 0.1) is 20.4 Å². The molecule has 0 saturated carbocycles. The third kappa shape index (κ3) is 4.46. The van der Waals surface area contributed by atoms with E-state index in [9.17, 15) is 18.5 Å². The van der Waals surface area contributed by atoms with Crippen LogP contribution in [0.4, 0.5) is 11.4 Å². The number of halogens is 1. The zero-order valence-electron chi connectivity index (χ0n) is 15.9. The number of benzene rings is 3. The summed E-state index contributed by atoms with van der Waals surface area (Å²) in [6, 6.07) is 21.9. The number of non-ortho nitro benzene ring substituents is 1. The van der Waals surface area contributed by atoms with Crippen LogP contribution in [0.2, 0.25) is 5.02 Å². The van der Waals surface area contributed by atoms with Crippen molar-refractivity contribution in [2.24, 2.45) is 0 Å². The topological polar surface area (TPSA) is 89.3 Å². The first kappa shape index (κ1) is 21.0. The number of nitro benzene ring substituents is 1. The Labute approximate surface area is 188 Å². The van der Waals surface area contributed by atoms with Gasteiger partial charge in [-0.2, -0.15) is 0 Å². The minimum atomic E-state index is -3.87. The molecule has 4 aromatic rings. The van der Waals surface area contributed by atoms with Gasteiger partial charge in [-0.3, -0.25) is 14.8 Å². The number of rotatable bonds is 6. The van der Waals surface area contributed by atoms with Crippen LogP contribution in [0.15, 0.2) is 89.1 Å². The molecule has 0 amide bonds. The summed E-state index contributed by atoms with van der Waals surface area (Å²) >= 11 is 7.47. The maximum absolute atomic E-state index is 12.9. The lowest BCUT2D eigenvalue weighted by Crippen LogP contribution is -2.12. The number of nitrogens with zero attached hydrogens (tertiary/aromatic N) is 1. The van der Waals surface area contributed by atoms with Crippen LogP contribution in [-0.4, -0.2) is 13.3 Å². The van der Waals surface area contributed by atoms with Crippen LogP contribution in [0.3, 0.4) is 0 Å². The molecule has 1 N–H and O–H groups in total. The van der Waals surface area contributed by atoms with Crippen molar-refractivity contribution >= 4 is 44.3 Å². The normalized spacial score (nSPS) is 11.3. The maximum Gasteiger partial charge on any atom is 0.270 e. The van der Waals surface area contributed by atoms with E-state index in [1.165, 1.54) is 41.7 Å². The van der Waals surface area contributed by atoms with E-state index >= 15 is 0 Å². The molecule has 0 aliphatic carbocycles. The SMILES string of the molecule is O=[N+]([O-])c1ccc(Cl)c(-c2sccc2NS(=O)(=O)c2ccc(-c3ccccc3)cc2)c1. The molecular weight excluding hydrogens is 456 g/mol. The second-order valence-corrected chi connectivity index (χ2v) is 9.59. The van der Waals surface area contributed by atoms with Gasteiger partial charge < -0.3 is 0 Å². The lowest BCUT2D eigenvalue weighted by molar-refractivity contribution is -0.384. The molecule has 0 aliphatic rings. The van der Waals surface area contributed by atoms with E-state index in [4.69, 9.17) is 11.6 Å². The van der Waals surface area contributed by atoms with Crippen molar-refractivity contribution in [3.05, 3.63) is 99.4 Å². The minimum Gasteiger partial charge on any atom is -0.278 e. The van der Waals surface area contributed by atoms with Crippen LogP contribution in [0, 0.1) is 10.1 Å². The quantitative estimate of drug-likeness (QED) is 0.259. The van der Waals surface area contributed by atoms with Crippen molar-refractivity contribution in [1.29, 1.82) is 0 Å². The summed E-state index contributed by atoms with van der Waals surface area (Å²) in [5, 5.41) is 13.1. The third-order valence-corrected chi connectivity index (χ3v) is 7.25. The Bertz CT molecular complexity index is 1350. The van der Waals surface area contributed by atoms with Crippen molar-refractivity contribution in [3.8, 4) is 21.6 Å². The molecule has 0 radical (unpaired) electrons. The second kappa shape index (κ2) is 8.50. The largest absolute Gasteiger partial charge is 0.278 e. The molecule has 1 heterocycles. The molecule has 0 atom stereocenters. The minimum absolute atomic E-state index is 0.106. The molecule has 4 rings (SSSR count). The van der Waals surface area contributed by atoms with Gasteiger partial charge in [0.25, 0.3) is 15.7 Å². The molecule has 1 aromatic heterocycles. The van der Waals surface area contributed by atoms with E-state index < -0.39 is 14.9 Å². The molecule has 0 bridgehead atoms. The third-order valence-electron chi connectivity index (χ3n) is 4.59. The summed E-state index contributed by atoms with van der Waals surface area (Å²) in [5.41, 5.74) is 2.46. The van der Waals surface area contributed by atoms with Crippen molar-refractivity contribution in [2.45, 2.75) is 4.90 Å². The van der Waals surface area contributed by atoms with Crippen molar-refractivity contribution in [1.82, 2.24) is 0 Å². The summed E-state index contributed by atoms with van der Waals surface area (Å²) in [7, 11) is -3.87. The summed E-state index contributed by atoms with van der Waals surface area (Å²) in [5.74, 6) is 0. The fourth-order valence-corrected chi connectivity index (χ4v) is 5.35. The average Bonchev–Trinajstić information content (AvgIpc) is 3.21. The fourth-order valence-electron chi connectivity index (χ4n) is 3.06. The molecular formula is C22H15ClN2O4S2. The highest BCUT2D eigenvalue weighted by Gasteiger charge is 2.20. The van der Waals surface area contributed by atoms with Crippen LogP contribution in [0.1, 0.15) is 0 Å². The summed E-state index contributed by atoms with van der Waals surface area (Å²) in [6.45, 7) is 0. The van der Waals surface area contributed by atoms with Gasteiger partial charge in [-0.05, 0) is 40.8 Å². The Morgan fingerprint density at radius 2 is 1.58 bits per heavy atom. The predicted molar refractivity (Wildman–Crippen MR) is 124 cm³/mol. The molecule has 3 aromatic carbocycles. The highest BCUT2D eigenvalue weighted by atomic mass is 35.5. The fraction of sp³-hybridized carbons (Fsp3) is 0. The Morgan fingerprint density at radius 3 is 2.26 bits per heavy atom. The van der Waals surface area contributed by atoms with E-state index in [2.05, 4.69) is 4.72 Å². The Morgan fingerprint density at radius 1 is 0.903 bits per heavy atom. The molecule has 0 fully saturated rings. The van der Waals surface area contributed by atoms with Crippen molar-refractivity contribution in [3.63, 3.8) is 0 Å². The number of sulfonamides is 1. The van der Waals surface area contributed by atoms with E-state index in [-0.39, 0.29) is 10.6 Å². The summed E-state index contributed by atoms with van der Waals surface area (Å²) in [4.78, 5) is 11.2. The summed E-state index contributed by atoms with van der Waals surface area (Å²) < 4.78 is 28.5. The van der Waals surface area contributed by atoms with Gasteiger partial charge in [-0.1, -0.05) is 54.1 Å². The highest BCUT2D eigenvalue weighted by molar-refractivity contribution is 7.92. The van der Waals surface area contributed by atoms with Gasteiger partial charge in [0.15, 0.2) is 0 Å². The number of nitro groups is 1. The van der Waals surface area contributed by atoms with E-state index in [0.29, 0.717) is 21.2 Å². The Hall–Kier alpha value is -3.20. The van der Waals surface area contributed by atoms with Gasteiger partial charge in [0.2, 0.25) is 0 Å². The number of nitrogens with one attached hydrogen (secondary N) is 1. The van der Waals surface area contributed by atoms with Gasteiger partial charge in [0.1, 0.15) is 0 Å². The van der Waals surface area contributed by atoms with Crippen LogP contribution < -0.4 is 4.72 Å². The van der Waals surface area contributed by atoms with Gasteiger partial charge in [-0.25, -0.2) is 8.42 Å². The second-order valence-electron chi connectivity index (χ2n) is 6.58. The average molecular weight is 471 g/mol. The van der Waals surface area contributed by atoms with E-state index in [1.807, 2.05) is 30.3 Å². The molecule has 6 nitrogen and oxygen atoms in total. The highest BCUT2D eigenvalue weighted by Crippen LogP contribution is 2.40. The monoisotopic (exact) mass is 470 g/mol. The van der Waals surface area contributed by atoms with Gasteiger partial charge in [-0.15, -0.1) is 11.3 Å². The number of anilines is 1. The van der Waals surface area contributed by atoms with Crippen LogP contribution in [-0.2, 0) is 10.0 Å². The first-order valence-electron chi connectivity index (χ1n) is 9.05. The zero-order chi connectivity index (χ0) is 22.0. The van der Waals surface area contributed by atoms with Gasteiger partial charge in [0, 0.05) is 22.7 Å². The lowest BCUT2D eigenvalue weighted by atomic mass is 10.1. The van der Waals surface area contributed by atoms with Crippen LogP contribution in [0.5, 0.6) is 0 Å². The molecule has 0 saturated heterocycles. The molecule has 0 spiro atoms. The molecule has 156 valence electrons. The first-order chi connectivity index (χ1) is 14.8. The molecule has 0 aliphatic heterocycles. The smallest absolute Gasteiger partial charge is 0.270 e. The standard InChI is InChI=1S/C22H15ClN2O4S2/c23-20-11-8-17(25(26)27)14-19(20)22-21(12-13-30-22)24-31(28,29)18-9-6-16(7-10-18)15-4-2-1-3-5-15/h1-14,24H. The summed E-state index contributed by atoms with van der Waals surface area (Å²) in [6.07, 6.45) is 0. The molecule has 0 unspecified atom stereocenters. The zero-order valence-corrected chi connectivity index (χ0v) is 18.2. The number of hydrogen-bond donors (Lipinski definition) is 1. The number of thiophene rings is 1. The maximum atomic E-state index is 12.9. The molecule has 31 heavy (non-hydrogen) atoms. The van der Waals surface area contributed by atoms with E-state index in [1.54, 1.807) is 23.6 Å². The molecule has 9 heteroatoms. The van der Waals surface area contributed by atoms with E-state index in [0.717, 1.165) is 11.1 Å². The van der Waals surface area contributed by atoms with Crippen molar-refractivity contribution in [2.75, 3.05) is 4.72 Å². The van der Waals surface area contributed by atoms with Crippen LogP contribution >= 0.6 is 22.9 Å². The van der Waals surface area contributed by atoms with Crippen molar-refractivity contribution < 1.29 is 13.3 Å². The lowest BCUT2D eigenvalue weighted by Gasteiger charge is -2.11. The Balaban J connectivity index is 1.64. The first-order valence-corrected chi connectivity index (χ1v) is 11.8. The van der Waals surface area contributed by atoms with Gasteiger partial charge >= 0.3 is 0 Å². The van der Waals surface area contributed by atoms with Crippen LogP contribution in [0.25, 0.3) is 21.6 Å². The number of hydrogen-bond acceptors (Lipinski definition) is 5.